The molecule has 2 heterocycles. The number of rotatable bonds is 3. The lowest BCUT2D eigenvalue weighted by molar-refractivity contribution is -0.00457. The third-order valence-electron chi connectivity index (χ3n) is 3.27. The Labute approximate surface area is 86.1 Å². The summed E-state index contributed by atoms with van der Waals surface area (Å²) < 4.78 is 0. The molecule has 2 saturated heterocycles. The highest BCUT2D eigenvalue weighted by Gasteiger charge is 2.24. The Bertz CT molecular complexity index is 174. The van der Waals surface area contributed by atoms with Crippen LogP contribution in [0.5, 0.6) is 0 Å². The van der Waals surface area contributed by atoms with Crippen molar-refractivity contribution in [1.82, 2.24) is 14.7 Å². The van der Waals surface area contributed by atoms with Crippen LogP contribution < -0.4 is 0 Å². The van der Waals surface area contributed by atoms with Gasteiger partial charge in [-0.05, 0) is 7.05 Å². The Balaban J connectivity index is 1.57. The first-order valence-electron chi connectivity index (χ1n) is 5.55. The molecule has 0 aromatic carbocycles. The van der Waals surface area contributed by atoms with Crippen molar-refractivity contribution in [3.05, 3.63) is 0 Å². The third-order valence-corrected chi connectivity index (χ3v) is 3.27. The van der Waals surface area contributed by atoms with Crippen molar-refractivity contribution in [2.75, 3.05) is 59.4 Å². The fraction of sp³-hybridized carbons (Fsp3) is 1.00. The molecule has 0 atom stereocenters. The first-order chi connectivity index (χ1) is 6.74. The Kier molecular flexibility index (Phi) is 3.38. The van der Waals surface area contributed by atoms with E-state index in [1.54, 1.807) is 0 Å². The molecule has 0 unspecified atom stereocenters. The second-order valence-corrected chi connectivity index (χ2v) is 4.56. The molecule has 0 saturated carbocycles. The Morgan fingerprint density at radius 3 is 2.14 bits per heavy atom. The Morgan fingerprint density at radius 1 is 1.00 bits per heavy atom. The smallest absolute Gasteiger partial charge is 0.0793 e. The number of hydrogen-bond donors (Lipinski definition) is 1. The van der Waals surface area contributed by atoms with E-state index in [4.69, 9.17) is 5.11 Å². The lowest BCUT2D eigenvalue weighted by atomic mass is 10.2. The highest BCUT2D eigenvalue weighted by Crippen LogP contribution is 2.07. The van der Waals surface area contributed by atoms with Crippen LogP contribution in [-0.4, -0.2) is 85.3 Å². The number of hydrogen-bond acceptors (Lipinski definition) is 4. The van der Waals surface area contributed by atoms with Crippen molar-refractivity contribution in [1.29, 1.82) is 0 Å². The van der Waals surface area contributed by atoms with E-state index < -0.39 is 0 Å². The van der Waals surface area contributed by atoms with Crippen molar-refractivity contribution < 1.29 is 5.11 Å². The van der Waals surface area contributed by atoms with E-state index in [9.17, 15) is 0 Å². The topological polar surface area (TPSA) is 30.0 Å². The molecule has 82 valence electrons. The zero-order chi connectivity index (χ0) is 9.97. The number of likely N-dealkylation sites (tertiary alicyclic amines) is 1. The monoisotopic (exact) mass is 199 g/mol. The Hall–Kier alpha value is -0.160. The first-order valence-corrected chi connectivity index (χ1v) is 5.55. The van der Waals surface area contributed by atoms with Crippen molar-refractivity contribution in [2.45, 2.75) is 6.10 Å². The van der Waals surface area contributed by atoms with Gasteiger partial charge >= 0.3 is 0 Å². The molecule has 14 heavy (non-hydrogen) atoms. The maximum atomic E-state index is 9.13. The van der Waals surface area contributed by atoms with Crippen LogP contribution in [0.4, 0.5) is 0 Å². The van der Waals surface area contributed by atoms with Gasteiger partial charge in [0.05, 0.1) is 6.10 Å². The molecule has 0 aromatic heterocycles. The van der Waals surface area contributed by atoms with E-state index in [0.717, 1.165) is 19.6 Å². The van der Waals surface area contributed by atoms with Gasteiger partial charge in [0, 0.05) is 52.4 Å². The molecule has 2 rings (SSSR count). The summed E-state index contributed by atoms with van der Waals surface area (Å²) in [6.07, 6.45) is -0.0533. The summed E-state index contributed by atoms with van der Waals surface area (Å²) in [6.45, 7) is 8.86. The van der Waals surface area contributed by atoms with E-state index in [1.165, 1.54) is 32.7 Å². The van der Waals surface area contributed by atoms with Crippen molar-refractivity contribution in [2.24, 2.45) is 0 Å². The minimum atomic E-state index is -0.0533. The molecule has 2 aliphatic rings. The first kappa shape index (κ1) is 10.4. The summed E-state index contributed by atoms with van der Waals surface area (Å²) >= 11 is 0. The fourth-order valence-electron chi connectivity index (χ4n) is 2.08. The van der Waals surface area contributed by atoms with E-state index in [1.807, 2.05) is 0 Å². The van der Waals surface area contributed by atoms with Crippen LogP contribution >= 0.6 is 0 Å². The molecule has 2 aliphatic heterocycles. The molecule has 0 aromatic rings. The van der Waals surface area contributed by atoms with Crippen LogP contribution in [0.3, 0.4) is 0 Å². The standard InChI is InChI=1S/C10H21N3O/c1-11-2-4-12(5-3-11)6-7-13-8-10(14)9-13/h10,14H,2-9H2,1H3. The number of likely N-dealkylation sites (N-methyl/N-ethyl adjacent to an activating group) is 1. The largest absolute Gasteiger partial charge is 0.390 e. The number of nitrogens with zero attached hydrogens (tertiary/aromatic N) is 3. The lowest BCUT2D eigenvalue weighted by Crippen LogP contribution is -2.54. The maximum Gasteiger partial charge on any atom is 0.0793 e. The van der Waals surface area contributed by atoms with Crippen LogP contribution in [0.1, 0.15) is 0 Å². The van der Waals surface area contributed by atoms with Crippen LogP contribution in [0.15, 0.2) is 0 Å². The number of aliphatic hydroxyl groups is 1. The van der Waals surface area contributed by atoms with Gasteiger partial charge in [0.1, 0.15) is 0 Å². The van der Waals surface area contributed by atoms with Crippen molar-refractivity contribution >= 4 is 0 Å². The minimum absolute atomic E-state index is 0.0533. The summed E-state index contributed by atoms with van der Waals surface area (Å²) in [5.41, 5.74) is 0. The lowest BCUT2D eigenvalue weighted by Gasteiger charge is -2.38. The van der Waals surface area contributed by atoms with E-state index in [0.29, 0.717) is 0 Å². The quantitative estimate of drug-likeness (QED) is 0.625. The zero-order valence-electron chi connectivity index (χ0n) is 9.02. The molecular formula is C10H21N3O. The molecule has 0 amide bonds. The minimum Gasteiger partial charge on any atom is -0.390 e. The number of piperazine rings is 1. The van der Waals surface area contributed by atoms with Gasteiger partial charge in [-0.25, -0.2) is 0 Å². The van der Waals surface area contributed by atoms with Gasteiger partial charge in [-0.1, -0.05) is 0 Å². The maximum absolute atomic E-state index is 9.13. The average molecular weight is 199 g/mol. The second kappa shape index (κ2) is 4.57. The van der Waals surface area contributed by atoms with Crippen LogP contribution in [0.25, 0.3) is 0 Å². The van der Waals surface area contributed by atoms with E-state index >= 15 is 0 Å². The molecule has 1 N–H and O–H groups in total. The number of β-amino-alcohol motifs (C(OH)–C–C–N with tert-alkyl or cyclic N) is 1. The molecule has 0 bridgehead atoms. The van der Waals surface area contributed by atoms with Gasteiger partial charge in [-0.15, -0.1) is 0 Å². The predicted octanol–water partition coefficient (Wildman–Crippen LogP) is -1.09. The van der Waals surface area contributed by atoms with E-state index in [2.05, 4.69) is 21.7 Å². The van der Waals surface area contributed by atoms with Gasteiger partial charge in [0.15, 0.2) is 0 Å². The van der Waals surface area contributed by atoms with E-state index in [-0.39, 0.29) is 6.10 Å². The van der Waals surface area contributed by atoms with Crippen LogP contribution in [0.2, 0.25) is 0 Å². The summed E-state index contributed by atoms with van der Waals surface area (Å²) in [5.74, 6) is 0. The molecule has 4 nitrogen and oxygen atoms in total. The zero-order valence-corrected chi connectivity index (χ0v) is 9.02. The highest BCUT2D eigenvalue weighted by atomic mass is 16.3. The number of aliphatic hydroxyl groups excluding tert-OH is 1. The van der Waals surface area contributed by atoms with Gasteiger partial charge in [-0.3, -0.25) is 9.80 Å². The van der Waals surface area contributed by atoms with Crippen molar-refractivity contribution in [3.63, 3.8) is 0 Å². The fourth-order valence-corrected chi connectivity index (χ4v) is 2.08. The third kappa shape index (κ3) is 2.67. The molecule has 0 spiro atoms. The molecular weight excluding hydrogens is 178 g/mol. The SMILES string of the molecule is CN1CCN(CCN2CC(O)C2)CC1. The highest BCUT2D eigenvalue weighted by molar-refractivity contribution is 4.80. The summed E-state index contributed by atoms with van der Waals surface area (Å²) in [6, 6.07) is 0. The van der Waals surface area contributed by atoms with Gasteiger partial charge in [0.25, 0.3) is 0 Å². The van der Waals surface area contributed by atoms with Crippen LogP contribution in [-0.2, 0) is 0 Å². The van der Waals surface area contributed by atoms with Crippen molar-refractivity contribution in [3.8, 4) is 0 Å². The van der Waals surface area contributed by atoms with Gasteiger partial charge in [-0.2, -0.15) is 0 Å². The molecule has 0 radical (unpaired) electrons. The normalized spacial score (nSPS) is 27.9. The summed E-state index contributed by atoms with van der Waals surface area (Å²) in [4.78, 5) is 7.22. The second-order valence-electron chi connectivity index (χ2n) is 4.56. The molecule has 4 heteroatoms. The summed E-state index contributed by atoms with van der Waals surface area (Å²) in [5, 5.41) is 9.13. The summed E-state index contributed by atoms with van der Waals surface area (Å²) in [7, 11) is 2.18. The Morgan fingerprint density at radius 2 is 1.57 bits per heavy atom. The molecule has 2 fully saturated rings. The van der Waals surface area contributed by atoms with Gasteiger partial charge in [0.2, 0.25) is 0 Å². The predicted molar refractivity (Wildman–Crippen MR) is 56.4 cm³/mol. The van der Waals surface area contributed by atoms with Gasteiger partial charge < -0.3 is 10.0 Å². The molecule has 0 aliphatic carbocycles. The average Bonchev–Trinajstić information content (AvgIpc) is 2.13. The van der Waals surface area contributed by atoms with Crippen LogP contribution in [0, 0.1) is 0 Å².